The summed E-state index contributed by atoms with van der Waals surface area (Å²) in [5.74, 6) is 0.735. The van der Waals surface area contributed by atoms with Crippen LogP contribution in [-0.2, 0) is 6.42 Å². The summed E-state index contributed by atoms with van der Waals surface area (Å²) >= 11 is 0. The summed E-state index contributed by atoms with van der Waals surface area (Å²) in [4.78, 5) is 12.5. The lowest BCUT2D eigenvalue weighted by Crippen LogP contribution is -2.09. The Morgan fingerprint density at radius 2 is 1.50 bits per heavy atom. The third-order valence-corrected chi connectivity index (χ3v) is 3.58. The predicted molar refractivity (Wildman–Crippen MR) is 84.2 cm³/mol. The van der Waals surface area contributed by atoms with E-state index >= 15 is 0 Å². The third-order valence-electron chi connectivity index (χ3n) is 3.58. The highest BCUT2D eigenvalue weighted by Gasteiger charge is 2.16. The topological polar surface area (TPSA) is 17.1 Å². The first-order valence-corrected chi connectivity index (χ1v) is 7.26. The van der Waals surface area contributed by atoms with Crippen LogP contribution >= 0.6 is 0 Å². The highest BCUT2D eigenvalue weighted by molar-refractivity contribution is 6.00. The Morgan fingerprint density at radius 1 is 0.900 bits per heavy atom. The van der Waals surface area contributed by atoms with Gasteiger partial charge in [0.05, 0.1) is 0 Å². The average molecular weight is 266 g/mol. The first-order chi connectivity index (χ1) is 9.58. The molecule has 0 radical (unpaired) electrons. The molecule has 0 aliphatic heterocycles. The van der Waals surface area contributed by atoms with Gasteiger partial charge >= 0.3 is 0 Å². The van der Waals surface area contributed by atoms with E-state index in [2.05, 4.69) is 26.0 Å². The smallest absolute Gasteiger partial charge is 0.170 e. The molecule has 0 N–H and O–H groups in total. The van der Waals surface area contributed by atoms with Crippen molar-refractivity contribution >= 4 is 5.78 Å². The van der Waals surface area contributed by atoms with E-state index in [1.165, 1.54) is 5.56 Å². The first-order valence-electron chi connectivity index (χ1n) is 7.26. The molecule has 0 heterocycles. The summed E-state index contributed by atoms with van der Waals surface area (Å²) in [7, 11) is 0. The lowest BCUT2D eigenvalue weighted by molar-refractivity contribution is 0.0966. The number of hydrogen-bond acceptors (Lipinski definition) is 1. The molecule has 1 nitrogen and oxygen atoms in total. The maximum atomic E-state index is 12.5. The number of benzene rings is 2. The lowest BCUT2D eigenvalue weighted by Gasteiger charge is -2.11. The van der Waals surface area contributed by atoms with Crippen LogP contribution in [0, 0.1) is 5.92 Å². The van der Waals surface area contributed by atoms with E-state index in [1.54, 1.807) is 0 Å². The Hall–Kier alpha value is -1.89. The van der Waals surface area contributed by atoms with Gasteiger partial charge in [0.15, 0.2) is 5.78 Å². The highest BCUT2D eigenvalue weighted by atomic mass is 16.1. The number of hydrogen-bond donors (Lipinski definition) is 0. The van der Waals surface area contributed by atoms with Crippen molar-refractivity contribution in [2.75, 3.05) is 0 Å². The van der Waals surface area contributed by atoms with Crippen molar-refractivity contribution in [1.82, 2.24) is 0 Å². The second-order valence-electron chi connectivity index (χ2n) is 5.79. The van der Waals surface area contributed by atoms with E-state index in [-0.39, 0.29) is 11.7 Å². The van der Waals surface area contributed by atoms with Crippen LogP contribution in [0.1, 0.15) is 48.2 Å². The molecule has 1 atom stereocenters. The van der Waals surface area contributed by atoms with Crippen molar-refractivity contribution in [2.45, 2.75) is 33.1 Å². The second kappa shape index (κ2) is 6.51. The number of ketones is 1. The minimum atomic E-state index is -0.0906. The molecule has 2 aromatic carbocycles. The molecule has 1 heteroatoms. The minimum Gasteiger partial charge on any atom is -0.294 e. The minimum absolute atomic E-state index is 0.0906. The molecule has 2 rings (SSSR count). The van der Waals surface area contributed by atoms with Crippen LogP contribution in [0.4, 0.5) is 0 Å². The van der Waals surface area contributed by atoms with Gasteiger partial charge in [-0.3, -0.25) is 4.79 Å². The van der Waals surface area contributed by atoms with Crippen molar-refractivity contribution < 1.29 is 4.79 Å². The largest absolute Gasteiger partial charge is 0.294 e. The lowest BCUT2D eigenvalue weighted by atomic mass is 9.91. The van der Waals surface area contributed by atoms with Gasteiger partial charge in [0.25, 0.3) is 0 Å². The summed E-state index contributed by atoms with van der Waals surface area (Å²) in [6.07, 6.45) is 1.06. The first kappa shape index (κ1) is 14.5. The molecule has 0 saturated carbocycles. The summed E-state index contributed by atoms with van der Waals surface area (Å²) in [6.45, 7) is 6.38. The fraction of sp³-hybridized carbons (Fsp3) is 0.316. The summed E-state index contributed by atoms with van der Waals surface area (Å²) in [6, 6.07) is 18.0. The van der Waals surface area contributed by atoms with Gasteiger partial charge in [0.1, 0.15) is 0 Å². The number of Topliss-reactive ketones (excluding diaryl/α,β-unsaturated/α-hetero) is 1. The molecule has 0 amide bonds. The van der Waals surface area contributed by atoms with Gasteiger partial charge in [-0.15, -0.1) is 0 Å². The van der Waals surface area contributed by atoms with Gasteiger partial charge in [-0.1, -0.05) is 75.4 Å². The zero-order valence-electron chi connectivity index (χ0n) is 12.5. The zero-order chi connectivity index (χ0) is 14.5. The molecule has 0 bridgehead atoms. The molecule has 0 spiro atoms. The zero-order valence-corrected chi connectivity index (χ0v) is 12.5. The van der Waals surface area contributed by atoms with Gasteiger partial charge in [0, 0.05) is 11.5 Å². The van der Waals surface area contributed by atoms with E-state index in [1.807, 2.05) is 49.4 Å². The highest BCUT2D eigenvalue weighted by Crippen LogP contribution is 2.21. The van der Waals surface area contributed by atoms with E-state index in [0.29, 0.717) is 5.92 Å². The quantitative estimate of drug-likeness (QED) is 0.705. The molecule has 1 unspecified atom stereocenters. The third kappa shape index (κ3) is 3.57. The van der Waals surface area contributed by atoms with Gasteiger partial charge in [-0.25, -0.2) is 0 Å². The van der Waals surface area contributed by atoms with E-state index in [4.69, 9.17) is 0 Å². The van der Waals surface area contributed by atoms with E-state index in [9.17, 15) is 4.79 Å². The van der Waals surface area contributed by atoms with E-state index < -0.39 is 0 Å². The Labute approximate surface area is 121 Å². The molecular weight excluding hydrogens is 244 g/mol. The fourth-order valence-corrected chi connectivity index (χ4v) is 2.42. The van der Waals surface area contributed by atoms with Crippen LogP contribution in [0.3, 0.4) is 0 Å². The summed E-state index contributed by atoms with van der Waals surface area (Å²) in [5, 5.41) is 0. The molecule has 0 aliphatic carbocycles. The molecule has 0 fully saturated rings. The van der Waals surface area contributed by atoms with Crippen molar-refractivity contribution in [3.05, 3.63) is 71.3 Å². The molecule has 104 valence electrons. The average Bonchev–Trinajstić information content (AvgIpc) is 2.47. The van der Waals surface area contributed by atoms with Crippen molar-refractivity contribution in [3.8, 4) is 0 Å². The van der Waals surface area contributed by atoms with Gasteiger partial charge < -0.3 is 0 Å². The van der Waals surface area contributed by atoms with Crippen LogP contribution in [0.5, 0.6) is 0 Å². The molecule has 2 aromatic rings. The van der Waals surface area contributed by atoms with Gasteiger partial charge in [-0.05, 0) is 23.5 Å². The predicted octanol–water partition coefficient (Wildman–Crippen LogP) is 4.87. The molecule has 0 aliphatic rings. The normalized spacial score (nSPS) is 12.4. The maximum absolute atomic E-state index is 12.5. The SMILES string of the molecule is CC(C)Cc1ccc(C(=O)C(C)c2ccccc2)cc1. The van der Waals surface area contributed by atoms with Crippen molar-refractivity contribution in [2.24, 2.45) is 5.92 Å². The van der Waals surface area contributed by atoms with Crippen LogP contribution in [0.15, 0.2) is 54.6 Å². The van der Waals surface area contributed by atoms with Gasteiger partial charge in [0.2, 0.25) is 0 Å². The second-order valence-corrected chi connectivity index (χ2v) is 5.79. The van der Waals surface area contributed by atoms with Crippen molar-refractivity contribution in [1.29, 1.82) is 0 Å². The molecule has 20 heavy (non-hydrogen) atoms. The Bertz CT molecular complexity index is 552. The van der Waals surface area contributed by atoms with Crippen LogP contribution in [0.2, 0.25) is 0 Å². The number of carbonyl (C=O) groups excluding carboxylic acids is 1. The fourth-order valence-electron chi connectivity index (χ4n) is 2.42. The Morgan fingerprint density at radius 3 is 2.05 bits per heavy atom. The Balaban J connectivity index is 2.13. The van der Waals surface area contributed by atoms with E-state index in [0.717, 1.165) is 17.5 Å². The Kier molecular flexibility index (Phi) is 4.73. The summed E-state index contributed by atoms with van der Waals surface area (Å²) < 4.78 is 0. The standard InChI is InChI=1S/C19H22O/c1-14(2)13-16-9-11-18(12-10-16)19(20)15(3)17-7-5-4-6-8-17/h4-12,14-15H,13H2,1-3H3. The number of rotatable bonds is 5. The van der Waals surface area contributed by atoms with Crippen LogP contribution < -0.4 is 0 Å². The van der Waals surface area contributed by atoms with Crippen LogP contribution in [0.25, 0.3) is 0 Å². The number of carbonyl (C=O) groups is 1. The summed E-state index contributed by atoms with van der Waals surface area (Å²) in [5.41, 5.74) is 3.17. The molecular formula is C19H22O. The molecule has 0 aromatic heterocycles. The van der Waals surface area contributed by atoms with Gasteiger partial charge in [-0.2, -0.15) is 0 Å². The maximum Gasteiger partial charge on any atom is 0.170 e. The monoisotopic (exact) mass is 266 g/mol. The van der Waals surface area contributed by atoms with Crippen LogP contribution in [-0.4, -0.2) is 5.78 Å². The molecule has 0 saturated heterocycles. The van der Waals surface area contributed by atoms with Crippen molar-refractivity contribution in [3.63, 3.8) is 0 Å².